The van der Waals surface area contributed by atoms with Crippen molar-refractivity contribution < 1.29 is 9.53 Å². The monoisotopic (exact) mass is 471 g/mol. The highest BCUT2D eigenvalue weighted by molar-refractivity contribution is 5.94. The van der Waals surface area contributed by atoms with Gasteiger partial charge in [0.15, 0.2) is 0 Å². The van der Waals surface area contributed by atoms with Crippen LogP contribution in [0.3, 0.4) is 0 Å². The summed E-state index contributed by atoms with van der Waals surface area (Å²) in [5.41, 5.74) is 8.99. The number of nitrogens with zero attached hydrogens (tertiary/aromatic N) is 4. The molecule has 1 fully saturated rings. The van der Waals surface area contributed by atoms with E-state index in [-0.39, 0.29) is 5.91 Å². The molecule has 0 spiro atoms. The summed E-state index contributed by atoms with van der Waals surface area (Å²) in [6.07, 6.45) is 6.17. The molecule has 1 aliphatic rings. The van der Waals surface area contributed by atoms with E-state index in [0.29, 0.717) is 31.4 Å². The third-order valence-corrected chi connectivity index (χ3v) is 5.41. The van der Waals surface area contributed by atoms with Crippen LogP contribution in [0.1, 0.15) is 23.6 Å². The molecule has 180 valence electrons. The quantitative estimate of drug-likeness (QED) is 0.448. The second-order valence-electron chi connectivity index (χ2n) is 8.17. The molecule has 1 atom stereocenters. The summed E-state index contributed by atoms with van der Waals surface area (Å²) in [5, 5.41) is 6.10. The highest BCUT2D eigenvalue weighted by atomic mass is 16.5. The van der Waals surface area contributed by atoms with E-state index in [4.69, 9.17) is 15.5 Å². The molecule has 0 radical (unpaired) electrons. The molecule has 9 heteroatoms. The van der Waals surface area contributed by atoms with Crippen LogP contribution >= 0.6 is 0 Å². The normalized spacial score (nSPS) is 13.9. The molecular weight excluding hydrogens is 442 g/mol. The molecule has 3 aromatic rings. The van der Waals surface area contributed by atoms with Gasteiger partial charge in [0, 0.05) is 43.3 Å². The van der Waals surface area contributed by atoms with Crippen molar-refractivity contribution in [3.63, 3.8) is 0 Å². The number of pyridine rings is 1. The van der Waals surface area contributed by atoms with Gasteiger partial charge in [-0.3, -0.25) is 9.78 Å². The molecule has 35 heavy (non-hydrogen) atoms. The van der Waals surface area contributed by atoms with Crippen LogP contribution in [-0.4, -0.2) is 59.7 Å². The van der Waals surface area contributed by atoms with Crippen LogP contribution in [-0.2, 0) is 16.0 Å². The molecule has 1 amide bonds. The molecule has 4 N–H and O–H groups in total. The second kappa shape index (κ2) is 11.9. The lowest BCUT2D eigenvalue weighted by atomic mass is 10.1. The first-order chi connectivity index (χ1) is 17.1. The van der Waals surface area contributed by atoms with E-state index in [2.05, 4.69) is 37.3 Å². The molecule has 0 bridgehead atoms. The van der Waals surface area contributed by atoms with Crippen LogP contribution in [0.2, 0.25) is 0 Å². The Morgan fingerprint density at radius 1 is 1.20 bits per heavy atom. The van der Waals surface area contributed by atoms with Gasteiger partial charge >= 0.3 is 0 Å². The Morgan fingerprint density at radius 3 is 2.77 bits per heavy atom. The second-order valence-corrected chi connectivity index (χ2v) is 8.17. The van der Waals surface area contributed by atoms with Gasteiger partial charge in [0.25, 0.3) is 0 Å². The lowest BCUT2D eigenvalue weighted by Gasteiger charge is -2.28. The minimum absolute atomic E-state index is 0.245. The zero-order chi connectivity index (χ0) is 24.5. The number of nitrogens with two attached hydrogens (primary N) is 1. The number of hydrogen-bond donors (Lipinski definition) is 3. The Bertz CT molecular complexity index is 1200. The summed E-state index contributed by atoms with van der Waals surface area (Å²) in [7, 11) is 0. The summed E-state index contributed by atoms with van der Waals surface area (Å²) < 4.78 is 5.51. The van der Waals surface area contributed by atoms with Gasteiger partial charge in [0.1, 0.15) is 5.82 Å². The number of aromatic nitrogens is 3. The molecule has 0 unspecified atom stereocenters. The van der Waals surface area contributed by atoms with Gasteiger partial charge in [-0.1, -0.05) is 17.9 Å². The number of nitrogens with one attached hydrogen (secondary N) is 2. The third-order valence-electron chi connectivity index (χ3n) is 5.41. The van der Waals surface area contributed by atoms with Crippen LogP contribution in [0.25, 0.3) is 0 Å². The van der Waals surface area contributed by atoms with Crippen molar-refractivity contribution in [2.24, 2.45) is 5.73 Å². The van der Waals surface area contributed by atoms with E-state index in [9.17, 15) is 4.79 Å². The molecule has 9 nitrogen and oxygen atoms in total. The Hall–Kier alpha value is -4.00. The largest absolute Gasteiger partial charge is 0.378 e. The van der Waals surface area contributed by atoms with E-state index >= 15 is 0 Å². The van der Waals surface area contributed by atoms with Crippen LogP contribution in [0.5, 0.6) is 0 Å². The number of hydrogen-bond acceptors (Lipinski definition) is 8. The van der Waals surface area contributed by atoms with E-state index in [1.807, 2.05) is 30.3 Å². The van der Waals surface area contributed by atoms with Crippen molar-refractivity contribution in [1.29, 1.82) is 0 Å². The summed E-state index contributed by atoms with van der Waals surface area (Å²) in [6.45, 7) is 5.11. The Balaban J connectivity index is 1.52. The van der Waals surface area contributed by atoms with Gasteiger partial charge in [-0.05, 0) is 49.2 Å². The summed E-state index contributed by atoms with van der Waals surface area (Å²) >= 11 is 0. The predicted molar refractivity (Wildman–Crippen MR) is 136 cm³/mol. The first-order valence-electron chi connectivity index (χ1n) is 11.6. The van der Waals surface area contributed by atoms with Gasteiger partial charge in [0.2, 0.25) is 11.9 Å². The summed E-state index contributed by atoms with van der Waals surface area (Å²) in [6, 6.07) is 10.8. The first-order valence-corrected chi connectivity index (χ1v) is 11.6. The van der Waals surface area contributed by atoms with Crippen LogP contribution in [0.15, 0.2) is 55.0 Å². The lowest BCUT2D eigenvalue weighted by Crippen LogP contribution is -2.37. The molecule has 2 aromatic heterocycles. The SMILES string of the molecule is C[C@H](N)C(=O)Nc1cccc(C#Cc2cnc(NCCc3ccncc3)nc2N2CCOCC2)c1. The smallest absolute Gasteiger partial charge is 0.240 e. The standard InChI is InChI=1S/C26H29N7O2/c1-19(27)25(34)31-23-4-2-3-21(17-23)5-6-22-18-30-26(29-12-9-20-7-10-28-11-8-20)32-24(22)33-13-15-35-16-14-33/h2-4,7-8,10-11,17-19H,9,12-16,27H2,1H3,(H,31,34)(H,29,30,32)/t19-/m0/s1. The average Bonchev–Trinajstić information content (AvgIpc) is 2.89. The first kappa shape index (κ1) is 24.1. The fourth-order valence-corrected chi connectivity index (χ4v) is 3.50. The number of benzene rings is 1. The van der Waals surface area contributed by atoms with Crippen molar-refractivity contribution in [2.45, 2.75) is 19.4 Å². The Labute approximate surface area is 205 Å². The molecule has 4 rings (SSSR count). The van der Waals surface area contributed by atoms with Gasteiger partial charge in [-0.2, -0.15) is 4.98 Å². The number of carbonyl (C=O) groups excluding carboxylic acids is 1. The number of rotatable bonds is 7. The number of ether oxygens (including phenoxy) is 1. The minimum Gasteiger partial charge on any atom is -0.378 e. The number of morpholine rings is 1. The molecule has 0 saturated carbocycles. The third kappa shape index (κ3) is 6.99. The van der Waals surface area contributed by atoms with Crippen LogP contribution < -0.4 is 21.3 Å². The maximum Gasteiger partial charge on any atom is 0.240 e. The maximum absolute atomic E-state index is 11.9. The molecule has 0 aliphatic carbocycles. The molecule has 1 aliphatic heterocycles. The highest BCUT2D eigenvalue weighted by Crippen LogP contribution is 2.20. The molecule has 3 heterocycles. The minimum atomic E-state index is -0.588. The van der Waals surface area contributed by atoms with Gasteiger partial charge < -0.3 is 26.0 Å². The average molecular weight is 472 g/mol. The van der Waals surface area contributed by atoms with Gasteiger partial charge in [-0.15, -0.1) is 0 Å². The number of amides is 1. The van der Waals surface area contributed by atoms with Crippen molar-refractivity contribution in [3.8, 4) is 11.8 Å². The summed E-state index contributed by atoms with van der Waals surface area (Å²) in [4.78, 5) is 27.4. The fourth-order valence-electron chi connectivity index (χ4n) is 3.50. The fraction of sp³-hybridized carbons (Fsp3) is 0.308. The van der Waals surface area contributed by atoms with Crippen molar-refractivity contribution in [3.05, 3.63) is 71.7 Å². The van der Waals surface area contributed by atoms with Crippen LogP contribution in [0, 0.1) is 11.8 Å². The zero-order valence-corrected chi connectivity index (χ0v) is 19.7. The van der Waals surface area contributed by atoms with Crippen molar-refractivity contribution >= 4 is 23.4 Å². The van der Waals surface area contributed by atoms with Crippen molar-refractivity contribution in [1.82, 2.24) is 15.0 Å². The number of carbonyl (C=O) groups is 1. The van der Waals surface area contributed by atoms with E-state index in [0.717, 1.165) is 36.5 Å². The predicted octanol–water partition coefficient (Wildman–Crippen LogP) is 2.05. The Kier molecular flexibility index (Phi) is 8.22. The number of anilines is 3. The molecular formula is C26H29N7O2. The van der Waals surface area contributed by atoms with Crippen molar-refractivity contribution in [2.75, 3.05) is 48.4 Å². The lowest BCUT2D eigenvalue weighted by molar-refractivity contribution is -0.117. The maximum atomic E-state index is 11.9. The van der Waals surface area contributed by atoms with E-state index in [1.165, 1.54) is 5.56 Å². The van der Waals surface area contributed by atoms with Gasteiger partial charge in [0.05, 0.1) is 31.0 Å². The zero-order valence-electron chi connectivity index (χ0n) is 19.7. The topological polar surface area (TPSA) is 118 Å². The van der Waals surface area contributed by atoms with E-state index < -0.39 is 6.04 Å². The van der Waals surface area contributed by atoms with Crippen LogP contribution in [0.4, 0.5) is 17.5 Å². The van der Waals surface area contributed by atoms with E-state index in [1.54, 1.807) is 31.6 Å². The molecule has 1 saturated heterocycles. The Morgan fingerprint density at radius 2 is 2.00 bits per heavy atom. The highest BCUT2D eigenvalue weighted by Gasteiger charge is 2.17. The molecule has 1 aromatic carbocycles. The van der Waals surface area contributed by atoms with Gasteiger partial charge in [-0.25, -0.2) is 4.98 Å². The summed E-state index contributed by atoms with van der Waals surface area (Å²) in [5.74, 6) is 7.48.